The minimum atomic E-state index is -0.184. The lowest BCUT2D eigenvalue weighted by Crippen LogP contribution is -2.33. The van der Waals surface area contributed by atoms with Crippen molar-refractivity contribution in [3.05, 3.63) is 76.3 Å². The second-order valence-electron chi connectivity index (χ2n) is 10.2. The minimum absolute atomic E-state index is 0.0614. The van der Waals surface area contributed by atoms with Crippen molar-refractivity contribution < 1.29 is 9.21 Å². The van der Waals surface area contributed by atoms with Crippen molar-refractivity contribution >= 4 is 12.0 Å². The molecule has 0 radical (unpaired) electrons. The first-order valence-corrected chi connectivity index (χ1v) is 12.5. The highest BCUT2D eigenvalue weighted by atomic mass is 16.3. The molecule has 1 aliphatic heterocycles. The minimum Gasteiger partial charge on any atom is -0.465 e. The van der Waals surface area contributed by atoms with Crippen molar-refractivity contribution in [1.29, 1.82) is 0 Å². The van der Waals surface area contributed by atoms with Crippen LogP contribution in [0.1, 0.15) is 72.1 Å². The number of nitrogens with one attached hydrogen (secondary N) is 1. The summed E-state index contributed by atoms with van der Waals surface area (Å²) in [4.78, 5) is 15.6. The third-order valence-corrected chi connectivity index (χ3v) is 6.36. The maximum Gasteiger partial charge on any atom is 0.251 e. The van der Waals surface area contributed by atoms with Crippen molar-refractivity contribution in [3.8, 4) is 0 Å². The number of rotatable bonds is 8. The van der Waals surface area contributed by atoms with Crippen LogP contribution < -0.4 is 5.32 Å². The second-order valence-corrected chi connectivity index (χ2v) is 10.2. The van der Waals surface area contributed by atoms with Gasteiger partial charge in [-0.1, -0.05) is 36.6 Å². The summed E-state index contributed by atoms with van der Waals surface area (Å²) in [5.74, 6) is 3.08. The van der Waals surface area contributed by atoms with Crippen molar-refractivity contribution in [3.63, 3.8) is 0 Å². The highest BCUT2D eigenvalue weighted by molar-refractivity contribution is 5.94. The van der Waals surface area contributed by atoms with Crippen LogP contribution in [0.15, 0.2) is 46.6 Å². The van der Waals surface area contributed by atoms with E-state index >= 15 is 0 Å². The topological polar surface area (TPSA) is 76.2 Å². The number of carbonyl (C=O) groups excluding carboxylic acids is 1. The molecular weight excluding hydrogens is 438 g/mol. The maximum absolute atomic E-state index is 13.2. The van der Waals surface area contributed by atoms with Crippen LogP contribution in [0.3, 0.4) is 0 Å². The van der Waals surface area contributed by atoms with Gasteiger partial charge in [-0.3, -0.25) is 9.69 Å². The van der Waals surface area contributed by atoms with E-state index < -0.39 is 0 Å². The van der Waals surface area contributed by atoms with Gasteiger partial charge in [0.25, 0.3) is 5.91 Å². The Balaban J connectivity index is 1.49. The molecule has 2 aromatic heterocycles. The average molecular weight is 476 g/mol. The Hall–Kier alpha value is -3.19. The molecule has 3 heterocycles. The molecule has 1 aromatic carbocycles. The summed E-state index contributed by atoms with van der Waals surface area (Å²) in [6.45, 7) is 14.0. The molecule has 1 atom stereocenters. The van der Waals surface area contributed by atoms with Crippen LogP contribution in [0.25, 0.3) is 6.08 Å². The van der Waals surface area contributed by atoms with Crippen LogP contribution in [0.2, 0.25) is 0 Å². The van der Waals surface area contributed by atoms with Gasteiger partial charge in [0.15, 0.2) is 5.82 Å². The Morgan fingerprint density at radius 3 is 2.60 bits per heavy atom. The monoisotopic (exact) mass is 475 g/mol. The van der Waals surface area contributed by atoms with E-state index in [9.17, 15) is 4.79 Å². The normalized spacial score (nSPS) is 15.7. The lowest BCUT2D eigenvalue weighted by atomic mass is 10.0. The Morgan fingerprint density at radius 2 is 1.91 bits per heavy atom. The fourth-order valence-corrected chi connectivity index (χ4v) is 4.87. The highest BCUT2D eigenvalue weighted by Crippen LogP contribution is 2.23. The van der Waals surface area contributed by atoms with Gasteiger partial charge in [0.05, 0.1) is 12.3 Å². The average Bonchev–Trinajstić information content (AvgIpc) is 3.39. The molecule has 4 rings (SSSR count). The number of carbonyl (C=O) groups is 1. The molecule has 7 nitrogen and oxygen atoms in total. The molecule has 0 unspecified atom stereocenters. The van der Waals surface area contributed by atoms with E-state index in [1.54, 1.807) is 6.26 Å². The van der Waals surface area contributed by atoms with Gasteiger partial charge in [0.1, 0.15) is 11.6 Å². The fraction of sp³-hybridized carbons (Fsp3) is 0.464. The van der Waals surface area contributed by atoms with Crippen LogP contribution in [0.4, 0.5) is 0 Å². The lowest BCUT2D eigenvalue weighted by Gasteiger charge is -2.22. The number of nitrogens with zero attached hydrogens (tertiary/aromatic N) is 4. The van der Waals surface area contributed by atoms with Crippen molar-refractivity contribution in [2.75, 3.05) is 19.6 Å². The molecule has 0 fully saturated rings. The fourth-order valence-electron chi connectivity index (χ4n) is 4.87. The molecule has 1 aliphatic rings. The zero-order valence-corrected chi connectivity index (χ0v) is 21.5. The first-order chi connectivity index (χ1) is 16.8. The summed E-state index contributed by atoms with van der Waals surface area (Å²) in [7, 11) is 0. The number of furan rings is 1. The maximum atomic E-state index is 13.2. The van der Waals surface area contributed by atoms with E-state index in [1.807, 2.05) is 38.1 Å². The van der Waals surface area contributed by atoms with Gasteiger partial charge in [0.2, 0.25) is 0 Å². The van der Waals surface area contributed by atoms with Crippen molar-refractivity contribution in [2.45, 2.75) is 60.0 Å². The Kier molecular flexibility index (Phi) is 7.86. The van der Waals surface area contributed by atoms with E-state index in [0.717, 1.165) is 67.6 Å². The van der Waals surface area contributed by atoms with Crippen LogP contribution in [0.5, 0.6) is 0 Å². The molecule has 0 saturated heterocycles. The summed E-state index contributed by atoms with van der Waals surface area (Å²) in [6, 6.07) is 9.66. The summed E-state index contributed by atoms with van der Waals surface area (Å²) >= 11 is 0. The van der Waals surface area contributed by atoms with Gasteiger partial charge < -0.3 is 14.3 Å². The molecule has 3 aromatic rings. The zero-order valence-electron chi connectivity index (χ0n) is 21.5. The Bertz CT molecular complexity index is 1160. The molecule has 1 N–H and O–H groups in total. The number of aromatic nitrogens is 3. The van der Waals surface area contributed by atoms with E-state index in [2.05, 4.69) is 57.9 Å². The predicted molar refractivity (Wildman–Crippen MR) is 138 cm³/mol. The Labute approximate surface area is 208 Å². The number of hydrogen-bond acceptors (Lipinski definition) is 5. The standard InChI is InChI=1S/C28H37N5O2/c1-19(2)13-25(29-28(34)23-15-20(3)14-21(4)16-23)27-31-30-26-8-9-32(10-11-33(26)27)18-22(5)17-24-7-6-12-35-24/h6-7,12,14-17,19,25H,8-11,13,18H2,1-5H3,(H,29,34)/b22-17+/t25-/m0/s1. The quantitative estimate of drug-likeness (QED) is 0.498. The predicted octanol–water partition coefficient (Wildman–Crippen LogP) is 4.97. The summed E-state index contributed by atoms with van der Waals surface area (Å²) in [5.41, 5.74) is 4.12. The zero-order chi connectivity index (χ0) is 24.9. The summed E-state index contributed by atoms with van der Waals surface area (Å²) < 4.78 is 7.68. The summed E-state index contributed by atoms with van der Waals surface area (Å²) in [5, 5.41) is 12.4. The molecular formula is C28H37N5O2. The van der Waals surface area contributed by atoms with Crippen molar-refractivity contribution in [2.24, 2.45) is 5.92 Å². The molecule has 0 aliphatic carbocycles. The van der Waals surface area contributed by atoms with Gasteiger partial charge >= 0.3 is 0 Å². The smallest absolute Gasteiger partial charge is 0.251 e. The molecule has 1 amide bonds. The molecule has 186 valence electrons. The SMILES string of the molecule is C/C(=C\c1ccco1)CN1CCc2nnc([C@H](CC(C)C)NC(=O)c3cc(C)cc(C)c3)n2CC1. The van der Waals surface area contributed by atoms with E-state index in [-0.39, 0.29) is 11.9 Å². The lowest BCUT2D eigenvalue weighted by molar-refractivity contribution is 0.0928. The van der Waals surface area contributed by atoms with Crippen LogP contribution in [-0.2, 0) is 13.0 Å². The number of benzene rings is 1. The first kappa shape index (κ1) is 24.9. The molecule has 7 heteroatoms. The van der Waals surface area contributed by atoms with E-state index in [4.69, 9.17) is 4.42 Å². The third-order valence-electron chi connectivity index (χ3n) is 6.36. The van der Waals surface area contributed by atoms with Gasteiger partial charge in [0, 0.05) is 38.2 Å². The number of amides is 1. The summed E-state index contributed by atoms with van der Waals surface area (Å²) in [6.07, 6.45) is 5.44. The first-order valence-electron chi connectivity index (χ1n) is 12.5. The molecule has 0 saturated carbocycles. The van der Waals surface area contributed by atoms with E-state index in [0.29, 0.717) is 11.5 Å². The third kappa shape index (κ3) is 6.48. The molecule has 0 bridgehead atoms. The van der Waals surface area contributed by atoms with Gasteiger partial charge in [-0.15, -0.1) is 10.2 Å². The van der Waals surface area contributed by atoms with Crippen molar-refractivity contribution in [1.82, 2.24) is 25.0 Å². The number of hydrogen-bond donors (Lipinski definition) is 1. The van der Waals surface area contributed by atoms with Crippen LogP contribution in [-0.4, -0.2) is 45.2 Å². The number of fused-ring (bicyclic) bond motifs is 1. The molecule has 0 spiro atoms. The largest absolute Gasteiger partial charge is 0.465 e. The number of aryl methyl sites for hydroxylation is 2. The van der Waals surface area contributed by atoms with Crippen LogP contribution in [0, 0.1) is 19.8 Å². The highest BCUT2D eigenvalue weighted by Gasteiger charge is 2.26. The van der Waals surface area contributed by atoms with E-state index in [1.165, 1.54) is 5.57 Å². The van der Waals surface area contributed by atoms with Gasteiger partial charge in [-0.05, 0) is 63.5 Å². The second kappa shape index (κ2) is 11.0. The van der Waals surface area contributed by atoms with Gasteiger partial charge in [-0.25, -0.2) is 0 Å². The van der Waals surface area contributed by atoms with Gasteiger partial charge in [-0.2, -0.15) is 0 Å². The molecule has 35 heavy (non-hydrogen) atoms. The van der Waals surface area contributed by atoms with Crippen LogP contribution >= 0.6 is 0 Å². The Morgan fingerprint density at radius 1 is 1.14 bits per heavy atom.